The van der Waals surface area contributed by atoms with Crippen molar-refractivity contribution in [2.45, 2.75) is 24.8 Å². The van der Waals surface area contributed by atoms with E-state index in [1.54, 1.807) is 36.3 Å². The molecule has 2 amide bonds. The Balaban J connectivity index is 1.64. The molecule has 0 fully saturated rings. The molecule has 3 heterocycles. The van der Waals surface area contributed by atoms with E-state index in [2.05, 4.69) is 25.6 Å². The summed E-state index contributed by atoms with van der Waals surface area (Å²) in [5.74, 6) is 0.104. The van der Waals surface area contributed by atoms with E-state index in [9.17, 15) is 14.4 Å². The summed E-state index contributed by atoms with van der Waals surface area (Å²) < 4.78 is 0. The summed E-state index contributed by atoms with van der Waals surface area (Å²) in [5.41, 5.74) is 2.28. The number of hydrogen-bond acceptors (Lipinski definition) is 6. The van der Waals surface area contributed by atoms with Crippen LogP contribution in [0.15, 0.2) is 59.7 Å². The van der Waals surface area contributed by atoms with Gasteiger partial charge in [-0.2, -0.15) is 11.8 Å². The van der Waals surface area contributed by atoms with Gasteiger partial charge in [0, 0.05) is 36.1 Å². The number of carbonyl (C=O) groups excluding carboxylic acids is 2. The van der Waals surface area contributed by atoms with Crippen molar-refractivity contribution in [2.75, 3.05) is 17.3 Å². The second-order valence-corrected chi connectivity index (χ2v) is 8.48. The number of fused-ring (bicyclic) bond motifs is 1. The molecule has 4 rings (SSSR count). The molecule has 0 spiro atoms. The fraction of sp³-hybridized carbons (Fsp3) is 0.261. The van der Waals surface area contributed by atoms with E-state index in [0.717, 1.165) is 11.3 Å². The summed E-state index contributed by atoms with van der Waals surface area (Å²) in [6, 6.07) is 11.8. The Morgan fingerprint density at radius 1 is 1.25 bits per heavy atom. The van der Waals surface area contributed by atoms with Gasteiger partial charge >= 0.3 is 0 Å². The highest BCUT2D eigenvalue weighted by atomic mass is 32.2. The Morgan fingerprint density at radius 3 is 2.88 bits per heavy atom. The van der Waals surface area contributed by atoms with Gasteiger partial charge in [0.25, 0.3) is 5.56 Å². The molecule has 1 aromatic carbocycles. The third-order valence-electron chi connectivity index (χ3n) is 5.30. The maximum atomic E-state index is 13.3. The fourth-order valence-electron chi connectivity index (χ4n) is 3.74. The van der Waals surface area contributed by atoms with E-state index in [4.69, 9.17) is 0 Å². The minimum Gasteiger partial charge on any atom is -0.347 e. The maximum Gasteiger partial charge on any atom is 0.251 e. The summed E-state index contributed by atoms with van der Waals surface area (Å²) in [7, 11) is 0. The van der Waals surface area contributed by atoms with E-state index in [1.165, 1.54) is 6.07 Å². The van der Waals surface area contributed by atoms with Gasteiger partial charge in [-0.1, -0.05) is 18.2 Å². The molecular formula is C23H23N5O3S. The van der Waals surface area contributed by atoms with E-state index >= 15 is 0 Å². The van der Waals surface area contributed by atoms with Crippen LogP contribution in [0, 0.1) is 0 Å². The number of nitrogens with one attached hydrogen (secondary N) is 3. The number of pyridine rings is 1. The molecule has 164 valence electrons. The molecule has 32 heavy (non-hydrogen) atoms. The number of amides is 2. The zero-order chi connectivity index (χ0) is 22.5. The van der Waals surface area contributed by atoms with Crippen LogP contribution in [0.5, 0.6) is 0 Å². The highest BCUT2D eigenvalue weighted by Crippen LogP contribution is 2.33. The molecule has 2 atom stereocenters. The number of benzene rings is 1. The minimum absolute atomic E-state index is 0.0713. The summed E-state index contributed by atoms with van der Waals surface area (Å²) in [6.45, 7) is 0. The Kier molecular flexibility index (Phi) is 6.65. The number of para-hydroxylation sites is 1. The van der Waals surface area contributed by atoms with Crippen molar-refractivity contribution in [3.63, 3.8) is 0 Å². The molecule has 0 aliphatic carbocycles. The number of hydrogen-bond donors (Lipinski definition) is 3. The van der Waals surface area contributed by atoms with Gasteiger partial charge in [0.15, 0.2) is 0 Å². The van der Waals surface area contributed by atoms with Crippen molar-refractivity contribution < 1.29 is 9.59 Å². The molecule has 8 nitrogen and oxygen atoms in total. The zero-order valence-electron chi connectivity index (χ0n) is 17.5. The Labute approximate surface area is 189 Å². The Hall–Kier alpha value is -3.46. The smallest absolute Gasteiger partial charge is 0.251 e. The molecule has 9 heteroatoms. The molecule has 1 aliphatic heterocycles. The van der Waals surface area contributed by atoms with E-state index < -0.39 is 12.0 Å². The molecule has 2 aromatic heterocycles. The van der Waals surface area contributed by atoms with Gasteiger partial charge in [-0.25, -0.2) is 4.98 Å². The van der Waals surface area contributed by atoms with E-state index in [1.807, 2.05) is 30.5 Å². The number of H-pyrrole nitrogens is 1. The van der Waals surface area contributed by atoms with Gasteiger partial charge in [0.2, 0.25) is 11.8 Å². The van der Waals surface area contributed by atoms with Crippen molar-refractivity contribution in [1.82, 2.24) is 20.3 Å². The first-order chi connectivity index (χ1) is 15.5. The predicted octanol–water partition coefficient (Wildman–Crippen LogP) is 2.87. The SMILES string of the molecule is CSCC[C@@H](NC(=O)[C@H]1CC(=O)Nc2ccccc21)c1cc(=O)[nH]c(-c2cccnc2)n1. The van der Waals surface area contributed by atoms with Gasteiger partial charge < -0.3 is 15.6 Å². The number of nitrogens with zero attached hydrogens (tertiary/aromatic N) is 2. The number of aromatic amines is 1. The second-order valence-electron chi connectivity index (χ2n) is 7.50. The van der Waals surface area contributed by atoms with Crippen LogP contribution in [0.3, 0.4) is 0 Å². The van der Waals surface area contributed by atoms with Crippen LogP contribution in [0.25, 0.3) is 11.4 Å². The van der Waals surface area contributed by atoms with E-state index in [-0.39, 0.29) is 23.8 Å². The van der Waals surface area contributed by atoms with Crippen LogP contribution in [-0.2, 0) is 9.59 Å². The summed E-state index contributed by atoms with van der Waals surface area (Å²) in [5, 5.41) is 5.85. The number of rotatable bonds is 7. The lowest BCUT2D eigenvalue weighted by atomic mass is 9.89. The van der Waals surface area contributed by atoms with E-state index in [0.29, 0.717) is 29.2 Å². The summed E-state index contributed by atoms with van der Waals surface area (Å²) in [4.78, 5) is 49.2. The lowest BCUT2D eigenvalue weighted by molar-refractivity contribution is -0.127. The van der Waals surface area contributed by atoms with Gasteiger partial charge in [-0.3, -0.25) is 19.4 Å². The number of anilines is 1. The average molecular weight is 450 g/mol. The molecule has 0 bridgehead atoms. The molecule has 1 aliphatic rings. The molecule has 3 N–H and O–H groups in total. The van der Waals surface area contributed by atoms with Crippen molar-refractivity contribution in [3.8, 4) is 11.4 Å². The average Bonchev–Trinajstić information content (AvgIpc) is 2.81. The van der Waals surface area contributed by atoms with Crippen molar-refractivity contribution in [3.05, 3.63) is 76.5 Å². The minimum atomic E-state index is -0.600. The fourth-order valence-corrected chi connectivity index (χ4v) is 4.21. The van der Waals surface area contributed by atoms with Gasteiger partial charge in [-0.05, 0) is 42.2 Å². The van der Waals surface area contributed by atoms with Crippen LogP contribution in [0.2, 0.25) is 0 Å². The second kappa shape index (κ2) is 9.78. The molecule has 3 aromatic rings. The third-order valence-corrected chi connectivity index (χ3v) is 5.94. The Bertz CT molecular complexity index is 1180. The monoisotopic (exact) mass is 449 g/mol. The van der Waals surface area contributed by atoms with Crippen LogP contribution >= 0.6 is 11.8 Å². The van der Waals surface area contributed by atoms with Gasteiger partial charge in [0.05, 0.1) is 17.7 Å². The first-order valence-electron chi connectivity index (χ1n) is 10.2. The quantitative estimate of drug-likeness (QED) is 0.511. The number of thioether (sulfide) groups is 1. The van der Waals surface area contributed by atoms with Crippen molar-refractivity contribution in [1.29, 1.82) is 0 Å². The lowest BCUT2D eigenvalue weighted by Gasteiger charge is -2.27. The number of aromatic nitrogens is 3. The van der Waals surface area contributed by atoms with Crippen molar-refractivity contribution >= 4 is 29.3 Å². The normalized spacial score (nSPS) is 16.0. The third kappa shape index (κ3) is 4.88. The van der Waals surface area contributed by atoms with Crippen LogP contribution in [-0.4, -0.2) is 38.8 Å². The van der Waals surface area contributed by atoms with Crippen molar-refractivity contribution in [2.24, 2.45) is 0 Å². The zero-order valence-corrected chi connectivity index (χ0v) is 18.3. The lowest BCUT2D eigenvalue weighted by Crippen LogP contribution is -2.38. The van der Waals surface area contributed by atoms with Gasteiger partial charge in [0.1, 0.15) is 5.82 Å². The topological polar surface area (TPSA) is 117 Å². The first kappa shape index (κ1) is 21.8. The molecule has 0 saturated carbocycles. The first-order valence-corrected chi connectivity index (χ1v) is 11.6. The molecule has 0 radical (unpaired) electrons. The standard InChI is InChI=1S/C23H23N5O3S/c1-32-10-8-18(19-12-21(30)28-22(26-19)14-5-4-9-24-13-14)27-23(31)16-11-20(29)25-17-7-3-2-6-15(16)17/h2-7,9,12-13,16,18H,8,10-11H2,1H3,(H,25,29)(H,27,31)(H,26,28,30)/t16-,18+/m0/s1. The summed E-state index contributed by atoms with van der Waals surface area (Å²) >= 11 is 1.64. The van der Waals surface area contributed by atoms with Crippen LogP contribution in [0.1, 0.15) is 36.1 Å². The highest BCUT2D eigenvalue weighted by molar-refractivity contribution is 7.98. The van der Waals surface area contributed by atoms with Crippen LogP contribution in [0.4, 0.5) is 5.69 Å². The molecule has 0 unspecified atom stereocenters. The molecule has 0 saturated heterocycles. The summed E-state index contributed by atoms with van der Waals surface area (Å²) in [6.07, 6.45) is 5.91. The number of carbonyl (C=O) groups is 2. The predicted molar refractivity (Wildman–Crippen MR) is 124 cm³/mol. The molecular weight excluding hydrogens is 426 g/mol. The Morgan fingerprint density at radius 2 is 2.09 bits per heavy atom. The maximum absolute atomic E-state index is 13.3. The van der Waals surface area contributed by atoms with Crippen LogP contribution < -0.4 is 16.2 Å². The highest BCUT2D eigenvalue weighted by Gasteiger charge is 2.32. The van der Waals surface area contributed by atoms with Gasteiger partial charge in [-0.15, -0.1) is 0 Å². The largest absolute Gasteiger partial charge is 0.347 e.